The van der Waals surface area contributed by atoms with Crippen LogP contribution in [0.15, 0.2) is 60.8 Å². The van der Waals surface area contributed by atoms with Gasteiger partial charge in [0.15, 0.2) is 0 Å². The Labute approximate surface area is 163 Å². The zero-order chi connectivity index (χ0) is 19.2. The first kappa shape index (κ1) is 18.8. The van der Waals surface area contributed by atoms with Crippen LogP contribution < -0.4 is 5.32 Å². The highest BCUT2D eigenvalue weighted by Gasteiger charge is 2.09. The van der Waals surface area contributed by atoms with E-state index in [1.165, 1.54) is 6.08 Å². The van der Waals surface area contributed by atoms with Crippen molar-refractivity contribution in [3.63, 3.8) is 0 Å². The average molecular weight is 378 g/mol. The van der Waals surface area contributed by atoms with Crippen LogP contribution in [0.4, 0.5) is 0 Å². The Morgan fingerprint density at radius 3 is 2.89 bits per heavy atom. The third kappa shape index (κ3) is 4.58. The van der Waals surface area contributed by atoms with E-state index in [4.69, 9.17) is 16.9 Å². The first-order chi connectivity index (χ1) is 13.1. The zero-order valence-corrected chi connectivity index (χ0v) is 15.8. The number of rotatable bonds is 6. The van der Waals surface area contributed by atoms with Crippen LogP contribution in [0.1, 0.15) is 30.5 Å². The molecular weight excluding hydrogens is 358 g/mol. The van der Waals surface area contributed by atoms with Gasteiger partial charge >= 0.3 is 0 Å². The second kappa shape index (κ2) is 8.57. The second-order valence-corrected chi connectivity index (χ2v) is 6.76. The molecule has 0 bridgehead atoms. The SMILES string of the molecule is CC(NC(=O)/C=C/c1cn(CCC#N)c2ccccc12)c1cccc(Cl)c1. The van der Waals surface area contributed by atoms with Gasteiger partial charge in [0.05, 0.1) is 18.5 Å². The van der Waals surface area contributed by atoms with E-state index in [2.05, 4.69) is 11.4 Å². The maximum Gasteiger partial charge on any atom is 0.244 e. The lowest BCUT2D eigenvalue weighted by molar-refractivity contribution is -0.117. The van der Waals surface area contributed by atoms with E-state index < -0.39 is 0 Å². The Morgan fingerprint density at radius 1 is 1.30 bits per heavy atom. The van der Waals surface area contributed by atoms with Crippen LogP contribution in [-0.2, 0) is 11.3 Å². The van der Waals surface area contributed by atoms with Gasteiger partial charge < -0.3 is 9.88 Å². The number of nitrogens with zero attached hydrogens (tertiary/aromatic N) is 2. The molecule has 1 amide bonds. The minimum atomic E-state index is -0.170. The third-order valence-corrected chi connectivity index (χ3v) is 4.64. The van der Waals surface area contributed by atoms with Gasteiger partial charge in [-0.3, -0.25) is 4.79 Å². The van der Waals surface area contributed by atoms with Crippen molar-refractivity contribution in [1.29, 1.82) is 5.26 Å². The normalized spacial score (nSPS) is 12.2. The molecule has 2 aromatic carbocycles. The fourth-order valence-corrected chi connectivity index (χ4v) is 3.25. The summed E-state index contributed by atoms with van der Waals surface area (Å²) in [5.41, 5.74) is 2.96. The molecule has 0 fully saturated rings. The van der Waals surface area contributed by atoms with Crippen LogP contribution in [0.3, 0.4) is 0 Å². The number of amides is 1. The van der Waals surface area contributed by atoms with Crippen molar-refractivity contribution in [2.75, 3.05) is 0 Å². The van der Waals surface area contributed by atoms with Crippen molar-refractivity contribution in [3.8, 4) is 6.07 Å². The van der Waals surface area contributed by atoms with E-state index in [1.54, 1.807) is 0 Å². The molecule has 3 aromatic rings. The predicted molar refractivity (Wildman–Crippen MR) is 109 cm³/mol. The first-order valence-electron chi connectivity index (χ1n) is 8.77. The first-order valence-corrected chi connectivity index (χ1v) is 9.15. The monoisotopic (exact) mass is 377 g/mol. The Kier molecular flexibility index (Phi) is 5.95. The number of carbonyl (C=O) groups is 1. The molecule has 0 aliphatic carbocycles. The van der Waals surface area contributed by atoms with E-state index in [0.29, 0.717) is 18.0 Å². The fourth-order valence-electron chi connectivity index (χ4n) is 3.05. The number of halogens is 1. The smallest absolute Gasteiger partial charge is 0.244 e. The molecule has 27 heavy (non-hydrogen) atoms. The lowest BCUT2D eigenvalue weighted by Gasteiger charge is -2.13. The molecule has 3 rings (SSSR count). The Balaban J connectivity index is 1.75. The summed E-state index contributed by atoms with van der Waals surface area (Å²) in [5, 5.41) is 13.5. The van der Waals surface area contributed by atoms with E-state index in [-0.39, 0.29) is 11.9 Å². The molecule has 0 saturated carbocycles. The number of hydrogen-bond acceptors (Lipinski definition) is 2. The molecule has 0 saturated heterocycles. The highest BCUT2D eigenvalue weighted by Crippen LogP contribution is 2.23. The predicted octanol–water partition coefficient (Wildman–Crippen LogP) is 5.10. The average Bonchev–Trinajstić information content (AvgIpc) is 3.02. The molecule has 1 heterocycles. The summed E-state index contributed by atoms with van der Waals surface area (Å²) in [6.07, 6.45) is 5.77. The van der Waals surface area contributed by atoms with Crippen molar-refractivity contribution >= 4 is 34.5 Å². The number of nitriles is 1. The molecule has 1 aromatic heterocycles. The van der Waals surface area contributed by atoms with Gasteiger partial charge in [0, 0.05) is 40.3 Å². The maximum atomic E-state index is 12.3. The van der Waals surface area contributed by atoms with Gasteiger partial charge in [-0.2, -0.15) is 5.26 Å². The molecule has 4 nitrogen and oxygen atoms in total. The zero-order valence-electron chi connectivity index (χ0n) is 15.0. The van der Waals surface area contributed by atoms with Gasteiger partial charge in [0.2, 0.25) is 5.91 Å². The van der Waals surface area contributed by atoms with Gasteiger partial charge in [-0.15, -0.1) is 0 Å². The van der Waals surface area contributed by atoms with Crippen LogP contribution >= 0.6 is 11.6 Å². The van der Waals surface area contributed by atoms with E-state index in [0.717, 1.165) is 22.0 Å². The molecule has 1 atom stereocenters. The summed E-state index contributed by atoms with van der Waals surface area (Å²) in [6.45, 7) is 2.55. The lowest BCUT2D eigenvalue weighted by Crippen LogP contribution is -2.24. The molecule has 136 valence electrons. The highest BCUT2D eigenvalue weighted by atomic mass is 35.5. The summed E-state index contributed by atoms with van der Waals surface area (Å²) in [6, 6.07) is 17.5. The minimum Gasteiger partial charge on any atom is -0.346 e. The van der Waals surface area contributed by atoms with Gasteiger partial charge in [0.25, 0.3) is 0 Å². The van der Waals surface area contributed by atoms with E-state index in [9.17, 15) is 4.79 Å². The molecule has 0 aliphatic heterocycles. The Bertz CT molecular complexity index is 1030. The van der Waals surface area contributed by atoms with Gasteiger partial charge in [-0.1, -0.05) is 41.9 Å². The van der Waals surface area contributed by atoms with Crippen molar-refractivity contribution in [2.45, 2.75) is 25.9 Å². The minimum absolute atomic E-state index is 0.141. The number of aryl methyl sites for hydroxylation is 1. The van der Waals surface area contributed by atoms with Crippen LogP contribution in [0.25, 0.3) is 17.0 Å². The van der Waals surface area contributed by atoms with E-state index >= 15 is 0 Å². The maximum absolute atomic E-state index is 12.3. The number of para-hydroxylation sites is 1. The summed E-state index contributed by atoms with van der Waals surface area (Å²) in [7, 11) is 0. The Hall–Kier alpha value is -3.03. The van der Waals surface area contributed by atoms with Crippen molar-refractivity contribution in [1.82, 2.24) is 9.88 Å². The summed E-state index contributed by atoms with van der Waals surface area (Å²) in [5.74, 6) is -0.170. The number of aromatic nitrogens is 1. The van der Waals surface area contributed by atoms with Gasteiger partial charge in [0.1, 0.15) is 0 Å². The van der Waals surface area contributed by atoms with Crippen molar-refractivity contribution < 1.29 is 4.79 Å². The van der Waals surface area contributed by atoms with Crippen LogP contribution in [-0.4, -0.2) is 10.5 Å². The molecular formula is C22H20ClN3O. The third-order valence-electron chi connectivity index (χ3n) is 4.41. The summed E-state index contributed by atoms with van der Waals surface area (Å²) >= 11 is 6.01. The van der Waals surface area contributed by atoms with E-state index in [1.807, 2.05) is 72.3 Å². The topological polar surface area (TPSA) is 57.8 Å². The Morgan fingerprint density at radius 2 is 2.11 bits per heavy atom. The molecule has 0 spiro atoms. The standard InChI is InChI=1S/C22H20ClN3O/c1-16(17-6-4-7-19(23)14-17)25-22(27)11-10-18-15-26(13-5-12-24)21-9-3-2-8-20(18)21/h2-4,6-11,14-16H,5,13H2,1H3,(H,25,27)/b11-10+. The van der Waals surface area contributed by atoms with Gasteiger partial charge in [-0.05, 0) is 36.8 Å². The van der Waals surface area contributed by atoms with Crippen LogP contribution in [0, 0.1) is 11.3 Å². The quantitative estimate of drug-likeness (QED) is 0.607. The fraction of sp³-hybridized carbons (Fsp3) is 0.182. The largest absolute Gasteiger partial charge is 0.346 e. The number of hydrogen-bond donors (Lipinski definition) is 1. The van der Waals surface area contributed by atoms with Crippen LogP contribution in [0.5, 0.6) is 0 Å². The van der Waals surface area contributed by atoms with Crippen molar-refractivity contribution in [2.24, 2.45) is 0 Å². The molecule has 0 radical (unpaired) electrons. The highest BCUT2D eigenvalue weighted by molar-refractivity contribution is 6.30. The molecule has 1 N–H and O–H groups in total. The second-order valence-electron chi connectivity index (χ2n) is 6.32. The molecule has 0 aliphatic rings. The van der Waals surface area contributed by atoms with Crippen molar-refractivity contribution in [3.05, 3.63) is 77.0 Å². The molecule has 1 unspecified atom stereocenters. The summed E-state index contributed by atoms with van der Waals surface area (Å²) in [4.78, 5) is 12.3. The lowest BCUT2D eigenvalue weighted by atomic mass is 10.1. The number of nitrogens with one attached hydrogen (secondary N) is 1. The number of fused-ring (bicyclic) bond motifs is 1. The number of benzene rings is 2. The number of carbonyl (C=O) groups excluding carboxylic acids is 1. The summed E-state index contributed by atoms with van der Waals surface area (Å²) < 4.78 is 2.05. The van der Waals surface area contributed by atoms with Gasteiger partial charge in [-0.25, -0.2) is 0 Å². The van der Waals surface area contributed by atoms with Crippen LogP contribution in [0.2, 0.25) is 5.02 Å². The molecule has 5 heteroatoms.